The highest BCUT2D eigenvalue weighted by atomic mass is 35.5. The van der Waals surface area contributed by atoms with E-state index in [1.54, 1.807) is 0 Å². The highest BCUT2D eigenvalue weighted by Gasteiger charge is 2.18. The lowest BCUT2D eigenvalue weighted by molar-refractivity contribution is -0.109. The number of halogens is 1. The van der Waals surface area contributed by atoms with Crippen molar-refractivity contribution in [1.29, 1.82) is 0 Å². The highest BCUT2D eigenvalue weighted by Crippen LogP contribution is 2.16. The normalized spacial score (nSPS) is 11.3. The molecule has 0 spiro atoms. The summed E-state index contributed by atoms with van der Waals surface area (Å²) in [5.74, 6) is 0.353. The SMILES string of the molecule is O=CNCCOCCc1ncn(S(=O)(=O)c2ccc(Cl)cc2)n1. The van der Waals surface area contributed by atoms with Gasteiger partial charge in [-0.2, -0.15) is 8.42 Å². The number of hydrogen-bond donors (Lipinski definition) is 1. The van der Waals surface area contributed by atoms with E-state index in [1.807, 2.05) is 0 Å². The van der Waals surface area contributed by atoms with E-state index in [0.717, 1.165) is 10.4 Å². The van der Waals surface area contributed by atoms with Crippen LogP contribution in [0.4, 0.5) is 0 Å². The molecule has 0 atom stereocenters. The number of carbonyl (C=O) groups is 1. The molecule has 1 N–H and O–H groups in total. The predicted molar refractivity (Wildman–Crippen MR) is 82.6 cm³/mol. The summed E-state index contributed by atoms with van der Waals surface area (Å²) in [6, 6.07) is 5.80. The number of amides is 1. The fraction of sp³-hybridized carbons (Fsp3) is 0.308. The predicted octanol–water partition coefficient (Wildman–Crippen LogP) is 0.474. The molecule has 0 fully saturated rings. The lowest BCUT2D eigenvalue weighted by Gasteiger charge is -2.03. The third kappa shape index (κ3) is 4.75. The molecule has 0 aliphatic heterocycles. The molecule has 0 aliphatic rings. The molecular weight excluding hydrogens is 344 g/mol. The van der Waals surface area contributed by atoms with Crippen LogP contribution in [0.5, 0.6) is 0 Å². The molecule has 0 saturated carbocycles. The quantitative estimate of drug-likeness (QED) is 0.516. The summed E-state index contributed by atoms with van der Waals surface area (Å²) in [6.07, 6.45) is 2.10. The number of benzene rings is 1. The van der Waals surface area contributed by atoms with E-state index in [1.165, 1.54) is 24.3 Å². The number of nitrogens with one attached hydrogen (secondary N) is 1. The Morgan fingerprint density at radius 2 is 2.00 bits per heavy atom. The molecule has 2 rings (SSSR count). The average molecular weight is 359 g/mol. The fourth-order valence-electron chi connectivity index (χ4n) is 1.68. The van der Waals surface area contributed by atoms with Crippen LogP contribution in [0.25, 0.3) is 0 Å². The summed E-state index contributed by atoms with van der Waals surface area (Å²) in [5, 5.41) is 6.86. The highest BCUT2D eigenvalue weighted by molar-refractivity contribution is 7.89. The molecule has 2 aromatic rings. The maximum atomic E-state index is 12.4. The minimum Gasteiger partial charge on any atom is -0.379 e. The maximum absolute atomic E-state index is 12.4. The molecule has 1 heterocycles. The zero-order chi connectivity index (χ0) is 16.7. The van der Waals surface area contributed by atoms with Crippen LogP contribution in [0, 0.1) is 0 Å². The van der Waals surface area contributed by atoms with Crippen molar-refractivity contribution in [2.24, 2.45) is 0 Å². The van der Waals surface area contributed by atoms with Crippen LogP contribution in [-0.2, 0) is 26.0 Å². The Balaban J connectivity index is 1.95. The molecule has 10 heteroatoms. The molecule has 1 aromatic heterocycles. The van der Waals surface area contributed by atoms with Gasteiger partial charge in [-0.05, 0) is 24.3 Å². The van der Waals surface area contributed by atoms with E-state index in [9.17, 15) is 13.2 Å². The van der Waals surface area contributed by atoms with E-state index < -0.39 is 10.0 Å². The molecule has 1 aromatic carbocycles. The van der Waals surface area contributed by atoms with Crippen LogP contribution in [0.3, 0.4) is 0 Å². The van der Waals surface area contributed by atoms with Gasteiger partial charge in [0.2, 0.25) is 6.41 Å². The first-order valence-electron chi connectivity index (χ1n) is 6.70. The van der Waals surface area contributed by atoms with Gasteiger partial charge in [0.05, 0.1) is 18.1 Å². The second-order valence-corrected chi connectivity index (χ2v) is 6.66. The molecular formula is C13H15ClN4O4S. The number of nitrogens with zero attached hydrogens (tertiary/aromatic N) is 3. The Morgan fingerprint density at radius 1 is 1.26 bits per heavy atom. The van der Waals surface area contributed by atoms with Crippen molar-refractivity contribution < 1.29 is 17.9 Å². The molecule has 0 unspecified atom stereocenters. The Labute approximate surface area is 138 Å². The summed E-state index contributed by atoms with van der Waals surface area (Å²) in [5.41, 5.74) is 0. The van der Waals surface area contributed by atoms with Gasteiger partial charge in [0, 0.05) is 18.0 Å². The van der Waals surface area contributed by atoms with Crippen molar-refractivity contribution in [1.82, 2.24) is 19.5 Å². The van der Waals surface area contributed by atoms with Gasteiger partial charge < -0.3 is 10.1 Å². The summed E-state index contributed by atoms with van der Waals surface area (Å²) < 4.78 is 30.8. The van der Waals surface area contributed by atoms with Gasteiger partial charge in [0.1, 0.15) is 6.33 Å². The van der Waals surface area contributed by atoms with Crippen molar-refractivity contribution in [2.75, 3.05) is 19.8 Å². The molecule has 0 bridgehead atoms. The standard InChI is InChI=1S/C13H15ClN4O4S/c14-11-1-3-12(4-2-11)23(20,21)18-9-16-13(17-18)5-7-22-8-6-15-10-19/h1-4,9-10H,5-8H2,(H,15,19). The summed E-state index contributed by atoms with van der Waals surface area (Å²) in [4.78, 5) is 14.1. The van der Waals surface area contributed by atoms with Crippen molar-refractivity contribution in [3.05, 3.63) is 41.4 Å². The van der Waals surface area contributed by atoms with E-state index in [-0.39, 0.29) is 4.90 Å². The van der Waals surface area contributed by atoms with E-state index in [4.69, 9.17) is 16.3 Å². The van der Waals surface area contributed by atoms with Crippen molar-refractivity contribution in [2.45, 2.75) is 11.3 Å². The maximum Gasteiger partial charge on any atom is 0.284 e. The number of ether oxygens (including phenoxy) is 1. The summed E-state index contributed by atoms with van der Waals surface area (Å²) in [7, 11) is -3.78. The number of hydrogen-bond acceptors (Lipinski definition) is 6. The van der Waals surface area contributed by atoms with Crippen LogP contribution < -0.4 is 5.32 Å². The van der Waals surface area contributed by atoms with Crippen LogP contribution in [0.2, 0.25) is 5.02 Å². The number of aromatic nitrogens is 3. The van der Waals surface area contributed by atoms with Crippen molar-refractivity contribution >= 4 is 28.0 Å². The van der Waals surface area contributed by atoms with Gasteiger partial charge in [0.15, 0.2) is 5.82 Å². The van der Waals surface area contributed by atoms with Crippen LogP contribution >= 0.6 is 11.6 Å². The average Bonchev–Trinajstić information content (AvgIpc) is 3.01. The second kappa shape index (κ2) is 8.04. The van der Waals surface area contributed by atoms with E-state index >= 15 is 0 Å². The molecule has 0 saturated heterocycles. The first-order valence-corrected chi connectivity index (χ1v) is 8.52. The summed E-state index contributed by atoms with van der Waals surface area (Å²) in [6.45, 7) is 1.10. The third-order valence-corrected chi connectivity index (χ3v) is 4.61. The minimum atomic E-state index is -3.78. The number of carbonyl (C=O) groups excluding carboxylic acids is 1. The fourth-order valence-corrected chi connectivity index (χ4v) is 2.88. The lowest BCUT2D eigenvalue weighted by atomic mass is 10.4. The van der Waals surface area contributed by atoms with E-state index in [2.05, 4.69) is 15.4 Å². The van der Waals surface area contributed by atoms with Crippen molar-refractivity contribution in [3.63, 3.8) is 0 Å². The Kier molecular flexibility index (Phi) is 6.08. The lowest BCUT2D eigenvalue weighted by Crippen LogP contribution is -2.18. The van der Waals surface area contributed by atoms with Gasteiger partial charge in [-0.25, -0.2) is 4.98 Å². The zero-order valence-corrected chi connectivity index (χ0v) is 13.6. The van der Waals surface area contributed by atoms with Gasteiger partial charge in [-0.15, -0.1) is 9.19 Å². The molecule has 1 amide bonds. The Bertz CT molecular complexity index is 746. The van der Waals surface area contributed by atoms with Gasteiger partial charge >= 0.3 is 0 Å². The van der Waals surface area contributed by atoms with E-state index in [0.29, 0.717) is 43.4 Å². The third-order valence-electron chi connectivity index (χ3n) is 2.82. The molecule has 8 nitrogen and oxygen atoms in total. The van der Waals surface area contributed by atoms with Gasteiger partial charge in [-0.1, -0.05) is 11.6 Å². The largest absolute Gasteiger partial charge is 0.379 e. The van der Waals surface area contributed by atoms with Gasteiger partial charge in [0.25, 0.3) is 10.0 Å². The van der Waals surface area contributed by atoms with Crippen LogP contribution in [-0.4, -0.2) is 48.8 Å². The zero-order valence-electron chi connectivity index (χ0n) is 12.1. The molecule has 0 aliphatic carbocycles. The molecule has 23 heavy (non-hydrogen) atoms. The Morgan fingerprint density at radius 3 is 2.70 bits per heavy atom. The number of rotatable bonds is 9. The smallest absolute Gasteiger partial charge is 0.284 e. The second-order valence-electron chi connectivity index (χ2n) is 4.43. The minimum absolute atomic E-state index is 0.0783. The van der Waals surface area contributed by atoms with Gasteiger partial charge in [-0.3, -0.25) is 4.79 Å². The van der Waals surface area contributed by atoms with Crippen LogP contribution in [0.1, 0.15) is 5.82 Å². The first-order chi connectivity index (χ1) is 11.0. The summed E-state index contributed by atoms with van der Waals surface area (Å²) >= 11 is 5.75. The monoisotopic (exact) mass is 358 g/mol. The topological polar surface area (TPSA) is 103 Å². The van der Waals surface area contributed by atoms with Crippen LogP contribution in [0.15, 0.2) is 35.5 Å². The Hall–Kier alpha value is -1.97. The molecule has 0 radical (unpaired) electrons. The first kappa shape index (κ1) is 17.4. The molecule has 124 valence electrons. The van der Waals surface area contributed by atoms with Crippen molar-refractivity contribution in [3.8, 4) is 0 Å².